The van der Waals surface area contributed by atoms with E-state index in [0.717, 1.165) is 44.5 Å². The molecule has 1 aromatic rings. The van der Waals surface area contributed by atoms with E-state index < -0.39 is 12.8 Å². The van der Waals surface area contributed by atoms with Crippen LogP contribution >= 0.6 is 24.0 Å². The molecule has 1 aliphatic rings. The number of alkyl halides is 3. The summed E-state index contributed by atoms with van der Waals surface area (Å²) in [5.74, 6) is 0.717. The van der Waals surface area contributed by atoms with Gasteiger partial charge in [0.25, 0.3) is 0 Å². The molecule has 0 saturated carbocycles. The summed E-state index contributed by atoms with van der Waals surface area (Å²) in [7, 11) is 0. The van der Waals surface area contributed by atoms with Crippen molar-refractivity contribution in [1.82, 2.24) is 10.6 Å². The minimum Gasteiger partial charge on any atom is -0.379 e. The molecular weight excluding hydrogens is 526 g/mol. The molecule has 1 atom stereocenters. The van der Waals surface area contributed by atoms with Crippen molar-refractivity contribution in [3.05, 3.63) is 35.4 Å². The second kappa shape index (κ2) is 15.7. The smallest absolute Gasteiger partial charge is 0.379 e. The van der Waals surface area contributed by atoms with Crippen LogP contribution in [0.25, 0.3) is 0 Å². The molecule has 1 fully saturated rings. The molecule has 2 rings (SSSR count). The molecule has 1 unspecified atom stereocenters. The van der Waals surface area contributed by atoms with Crippen molar-refractivity contribution in [2.24, 2.45) is 4.99 Å². The number of hydrogen-bond donors (Lipinski definition) is 2. The Labute approximate surface area is 199 Å². The second-order valence-electron chi connectivity index (χ2n) is 7.11. The molecule has 10 heteroatoms. The van der Waals surface area contributed by atoms with Crippen molar-refractivity contribution in [3.8, 4) is 0 Å². The Bertz CT molecular complexity index is 625. The third-order valence-electron chi connectivity index (χ3n) is 4.41. The van der Waals surface area contributed by atoms with Crippen LogP contribution in [0.1, 0.15) is 37.3 Å². The number of rotatable bonds is 12. The van der Waals surface area contributed by atoms with E-state index in [4.69, 9.17) is 9.47 Å². The zero-order valence-electron chi connectivity index (χ0n) is 17.9. The van der Waals surface area contributed by atoms with Crippen LogP contribution in [0.5, 0.6) is 0 Å². The predicted octanol–water partition coefficient (Wildman–Crippen LogP) is 4.02. The third kappa shape index (κ3) is 13.1. The summed E-state index contributed by atoms with van der Waals surface area (Å²) >= 11 is 0. The summed E-state index contributed by atoms with van der Waals surface area (Å²) in [5, 5.41) is 6.47. The molecular formula is C21H33F3IN3O3. The normalized spacial score (nSPS) is 16.8. The standard InChI is InChI=1S/C21H32F3N3O3.HI/c1-2-25-20(26-10-4-11-28-15-19-5-3-12-30-19)27-13-17-6-8-18(9-7-17)14-29-16-21(22,23)24;/h6-9,19H,2-5,10-16H2,1H3,(H2,25,26,27);1H. The minimum atomic E-state index is -4.30. The second-order valence-corrected chi connectivity index (χ2v) is 7.11. The first-order valence-electron chi connectivity index (χ1n) is 10.4. The van der Waals surface area contributed by atoms with Crippen molar-refractivity contribution in [3.63, 3.8) is 0 Å². The van der Waals surface area contributed by atoms with Crippen LogP contribution in [0.3, 0.4) is 0 Å². The van der Waals surface area contributed by atoms with Gasteiger partial charge >= 0.3 is 6.18 Å². The van der Waals surface area contributed by atoms with Crippen LogP contribution in [-0.2, 0) is 27.4 Å². The lowest BCUT2D eigenvalue weighted by atomic mass is 10.1. The van der Waals surface area contributed by atoms with E-state index in [1.165, 1.54) is 0 Å². The van der Waals surface area contributed by atoms with Gasteiger partial charge in [-0.25, -0.2) is 4.99 Å². The summed E-state index contributed by atoms with van der Waals surface area (Å²) in [5.41, 5.74) is 1.66. The lowest BCUT2D eigenvalue weighted by molar-refractivity contribution is -0.176. The Hall–Kier alpha value is -1.11. The fourth-order valence-corrected chi connectivity index (χ4v) is 2.91. The van der Waals surface area contributed by atoms with Gasteiger partial charge in [0.05, 0.1) is 25.9 Å². The van der Waals surface area contributed by atoms with Crippen molar-refractivity contribution in [2.45, 2.75) is 51.6 Å². The van der Waals surface area contributed by atoms with Crippen molar-refractivity contribution < 1.29 is 27.4 Å². The largest absolute Gasteiger partial charge is 0.411 e. The summed E-state index contributed by atoms with van der Waals surface area (Å²) in [6.45, 7) is 4.82. The Kier molecular flexibility index (Phi) is 14.1. The molecule has 1 aliphatic heterocycles. The van der Waals surface area contributed by atoms with Crippen LogP contribution in [0.2, 0.25) is 0 Å². The van der Waals surface area contributed by atoms with Gasteiger partial charge in [0.1, 0.15) is 6.61 Å². The van der Waals surface area contributed by atoms with E-state index in [1.807, 2.05) is 19.1 Å². The van der Waals surface area contributed by atoms with Crippen molar-refractivity contribution in [2.75, 3.05) is 39.5 Å². The number of ether oxygens (including phenoxy) is 3. The summed E-state index contributed by atoms with van der Waals surface area (Å²) in [6.07, 6.45) is -0.992. The highest BCUT2D eigenvalue weighted by molar-refractivity contribution is 14.0. The highest BCUT2D eigenvalue weighted by atomic mass is 127. The molecule has 0 spiro atoms. The maximum Gasteiger partial charge on any atom is 0.411 e. The van der Waals surface area contributed by atoms with Gasteiger partial charge in [-0.15, -0.1) is 24.0 Å². The van der Waals surface area contributed by atoms with Gasteiger partial charge < -0.3 is 24.8 Å². The summed E-state index contributed by atoms with van der Waals surface area (Å²) < 4.78 is 52.2. The van der Waals surface area contributed by atoms with Gasteiger partial charge in [-0.05, 0) is 37.3 Å². The first-order valence-corrected chi connectivity index (χ1v) is 10.4. The van der Waals surface area contributed by atoms with E-state index in [1.54, 1.807) is 12.1 Å². The van der Waals surface area contributed by atoms with E-state index in [9.17, 15) is 13.2 Å². The minimum absolute atomic E-state index is 0. The van der Waals surface area contributed by atoms with E-state index >= 15 is 0 Å². The fourth-order valence-electron chi connectivity index (χ4n) is 2.91. The fraction of sp³-hybridized carbons (Fsp3) is 0.667. The Morgan fingerprint density at radius 3 is 2.55 bits per heavy atom. The number of nitrogens with zero attached hydrogens (tertiary/aromatic N) is 1. The average Bonchev–Trinajstić information content (AvgIpc) is 3.22. The number of nitrogens with one attached hydrogen (secondary N) is 2. The molecule has 0 aromatic heterocycles. The number of benzene rings is 1. The van der Waals surface area contributed by atoms with Gasteiger partial charge in [-0.2, -0.15) is 13.2 Å². The van der Waals surface area contributed by atoms with Gasteiger partial charge in [0, 0.05) is 26.3 Å². The van der Waals surface area contributed by atoms with Crippen molar-refractivity contribution in [1.29, 1.82) is 0 Å². The average molecular weight is 559 g/mol. The van der Waals surface area contributed by atoms with Crippen LogP contribution in [0.4, 0.5) is 13.2 Å². The Morgan fingerprint density at radius 1 is 1.16 bits per heavy atom. The molecule has 6 nitrogen and oxygen atoms in total. The van der Waals surface area contributed by atoms with E-state index in [2.05, 4.69) is 20.4 Å². The van der Waals surface area contributed by atoms with Crippen LogP contribution in [0, 0.1) is 0 Å². The molecule has 0 bridgehead atoms. The first kappa shape index (κ1) is 27.9. The maximum atomic E-state index is 12.1. The maximum absolute atomic E-state index is 12.1. The zero-order valence-corrected chi connectivity index (χ0v) is 20.2. The molecule has 0 aliphatic carbocycles. The number of aliphatic imine (C=N–C) groups is 1. The quantitative estimate of drug-likeness (QED) is 0.175. The lowest BCUT2D eigenvalue weighted by Gasteiger charge is -2.13. The highest BCUT2D eigenvalue weighted by Crippen LogP contribution is 2.16. The van der Waals surface area contributed by atoms with E-state index in [0.29, 0.717) is 31.3 Å². The zero-order chi connectivity index (χ0) is 21.7. The summed E-state index contributed by atoms with van der Waals surface area (Å²) in [6, 6.07) is 7.20. The monoisotopic (exact) mass is 559 g/mol. The van der Waals surface area contributed by atoms with Gasteiger partial charge in [-0.3, -0.25) is 0 Å². The molecule has 0 radical (unpaired) electrons. The molecule has 31 heavy (non-hydrogen) atoms. The molecule has 1 heterocycles. The van der Waals surface area contributed by atoms with E-state index in [-0.39, 0.29) is 36.7 Å². The molecule has 1 saturated heterocycles. The number of guanidine groups is 1. The topological polar surface area (TPSA) is 64.1 Å². The van der Waals surface area contributed by atoms with Gasteiger partial charge in [-0.1, -0.05) is 24.3 Å². The molecule has 178 valence electrons. The summed E-state index contributed by atoms with van der Waals surface area (Å²) in [4.78, 5) is 4.54. The lowest BCUT2D eigenvalue weighted by Crippen LogP contribution is -2.38. The predicted molar refractivity (Wildman–Crippen MR) is 125 cm³/mol. The SMILES string of the molecule is CCNC(=NCc1ccc(COCC(F)(F)F)cc1)NCCCOCC1CCCO1.I. The van der Waals surface area contributed by atoms with Crippen molar-refractivity contribution >= 4 is 29.9 Å². The van der Waals surface area contributed by atoms with Crippen LogP contribution in [-0.4, -0.2) is 57.8 Å². The Balaban J connectivity index is 0.00000480. The van der Waals surface area contributed by atoms with Gasteiger partial charge in [0.2, 0.25) is 0 Å². The number of hydrogen-bond acceptors (Lipinski definition) is 4. The highest BCUT2D eigenvalue weighted by Gasteiger charge is 2.27. The van der Waals surface area contributed by atoms with Crippen LogP contribution in [0.15, 0.2) is 29.3 Å². The molecule has 1 aromatic carbocycles. The Morgan fingerprint density at radius 2 is 1.90 bits per heavy atom. The third-order valence-corrected chi connectivity index (χ3v) is 4.41. The van der Waals surface area contributed by atoms with Crippen LogP contribution < -0.4 is 10.6 Å². The molecule has 2 N–H and O–H groups in total. The molecule has 0 amide bonds. The number of halogens is 4. The first-order chi connectivity index (χ1) is 14.5. The van der Waals surface area contributed by atoms with Gasteiger partial charge in [0.15, 0.2) is 5.96 Å².